The van der Waals surface area contributed by atoms with Crippen LogP contribution in [0.15, 0.2) is 12.2 Å². The molecule has 16 heavy (non-hydrogen) atoms. The molecule has 0 aliphatic heterocycles. The van der Waals surface area contributed by atoms with E-state index in [9.17, 15) is 9.59 Å². The van der Waals surface area contributed by atoms with Gasteiger partial charge in [-0.2, -0.15) is 0 Å². The number of carbonyl (C=O) groups excluding carboxylic acids is 2. The van der Waals surface area contributed by atoms with Crippen LogP contribution in [0.25, 0.3) is 0 Å². The lowest BCUT2D eigenvalue weighted by molar-refractivity contribution is -0.142. The summed E-state index contributed by atoms with van der Waals surface area (Å²) < 4.78 is 20.2. The Balaban J connectivity index is 2.83. The Morgan fingerprint density at radius 3 is 3.00 bits per heavy atom. The number of Topliss-reactive ketones (excluding diaryl/α,β-unsaturated/α-hetero) is 1. The topological polar surface area (TPSA) is 43.4 Å². The third-order valence-electron chi connectivity index (χ3n) is 2.88. The lowest BCUT2D eigenvalue weighted by atomic mass is 9.89. The van der Waals surface area contributed by atoms with Crippen molar-refractivity contribution in [2.24, 2.45) is 11.8 Å². The molecule has 0 aromatic rings. The minimum Gasteiger partial charge on any atom is -0.469 e. The Labute approximate surface area is 99.7 Å². The van der Waals surface area contributed by atoms with Crippen molar-refractivity contribution < 1.29 is 17.1 Å². The zero-order valence-electron chi connectivity index (χ0n) is 11.9. The zero-order chi connectivity index (χ0) is 13.8. The molecule has 0 N–H and O–H groups in total. The zero-order valence-corrected chi connectivity index (χ0v) is 9.86. The molecule has 0 aromatic carbocycles. The first-order chi connectivity index (χ1) is 8.45. The van der Waals surface area contributed by atoms with E-state index in [1.54, 1.807) is 0 Å². The van der Waals surface area contributed by atoms with Crippen molar-refractivity contribution in [2.45, 2.75) is 39.0 Å². The van der Waals surface area contributed by atoms with Crippen LogP contribution in [0, 0.1) is 11.8 Å². The number of rotatable bonds is 5. The molecule has 0 amide bonds. The van der Waals surface area contributed by atoms with E-state index >= 15 is 0 Å². The van der Waals surface area contributed by atoms with Gasteiger partial charge in [-0.15, -0.1) is 0 Å². The summed E-state index contributed by atoms with van der Waals surface area (Å²) in [4.78, 5) is 23.3. The number of carbonyl (C=O) groups is 2. The van der Waals surface area contributed by atoms with Gasteiger partial charge in [-0.1, -0.05) is 19.1 Å². The van der Waals surface area contributed by atoms with Gasteiger partial charge in [0.2, 0.25) is 0 Å². The van der Waals surface area contributed by atoms with Crippen LogP contribution in [-0.2, 0) is 14.3 Å². The molecule has 0 bridgehead atoms. The second-order valence-corrected chi connectivity index (χ2v) is 3.97. The molecule has 90 valence electrons. The molecular formula is C13H20O3. The van der Waals surface area contributed by atoms with Gasteiger partial charge in [-0.05, 0) is 25.2 Å². The molecular weight excluding hydrogens is 204 g/mol. The number of ketones is 1. The number of hydrogen-bond acceptors (Lipinski definition) is 3. The first-order valence-corrected chi connectivity index (χ1v) is 5.71. The molecule has 0 spiro atoms. The predicted octanol–water partition coefficient (Wildman–Crippen LogP) is 2.50. The molecule has 0 unspecified atom stereocenters. The van der Waals surface area contributed by atoms with Crippen LogP contribution in [0.1, 0.15) is 41.7 Å². The number of allylic oxidation sites excluding steroid dienone is 2. The third-order valence-corrected chi connectivity index (χ3v) is 2.88. The van der Waals surface area contributed by atoms with E-state index in [2.05, 4.69) is 4.74 Å². The predicted molar refractivity (Wildman–Crippen MR) is 61.9 cm³/mol. The second-order valence-electron chi connectivity index (χ2n) is 3.97. The number of esters is 1. The summed E-state index contributed by atoms with van der Waals surface area (Å²) in [5.74, 6) is -1.80. The molecule has 3 heteroatoms. The molecule has 1 saturated carbocycles. The van der Waals surface area contributed by atoms with Crippen LogP contribution in [0.2, 0.25) is 0 Å². The SMILES string of the molecule is [2H]C([2H])(C(=O)OC)[C@H]1CCC(=O)[C@@H]1C/C=C\CC. The van der Waals surface area contributed by atoms with Crippen molar-refractivity contribution in [3.05, 3.63) is 12.2 Å². The molecule has 0 heterocycles. The fraction of sp³-hybridized carbons (Fsp3) is 0.692. The molecule has 0 saturated heterocycles. The monoisotopic (exact) mass is 226 g/mol. The van der Waals surface area contributed by atoms with Crippen molar-refractivity contribution >= 4 is 11.8 Å². The maximum Gasteiger partial charge on any atom is 0.305 e. The average molecular weight is 226 g/mol. The van der Waals surface area contributed by atoms with E-state index in [-0.39, 0.29) is 5.78 Å². The molecule has 1 aliphatic carbocycles. The van der Waals surface area contributed by atoms with Gasteiger partial charge < -0.3 is 4.74 Å². The Morgan fingerprint density at radius 2 is 2.38 bits per heavy atom. The van der Waals surface area contributed by atoms with Crippen LogP contribution in [0.4, 0.5) is 0 Å². The summed E-state index contributed by atoms with van der Waals surface area (Å²) in [6.07, 6.45) is 3.94. The Bertz CT molecular complexity index is 350. The highest BCUT2D eigenvalue weighted by atomic mass is 16.5. The lowest BCUT2D eigenvalue weighted by Crippen LogP contribution is -2.18. The lowest BCUT2D eigenvalue weighted by Gasteiger charge is -2.15. The molecule has 1 rings (SSSR count). The highest BCUT2D eigenvalue weighted by Gasteiger charge is 2.34. The number of ether oxygens (including phenoxy) is 1. The Hall–Kier alpha value is -1.12. The average Bonchev–Trinajstić information content (AvgIpc) is 2.71. The first kappa shape index (κ1) is 10.1. The molecule has 3 nitrogen and oxygen atoms in total. The summed E-state index contributed by atoms with van der Waals surface area (Å²) in [7, 11) is 1.17. The highest BCUT2D eigenvalue weighted by molar-refractivity contribution is 5.84. The van der Waals surface area contributed by atoms with Gasteiger partial charge in [0, 0.05) is 21.5 Å². The standard InChI is InChI=1S/C13H20O3/c1-3-4-5-6-11-10(7-8-12(11)14)9-13(15)16-2/h4-5,10-11H,3,6-9H2,1-2H3/b5-4-/t10-,11-/m1/s1/i9D2. The maximum absolute atomic E-state index is 11.8. The van der Waals surface area contributed by atoms with Gasteiger partial charge in [-0.3, -0.25) is 9.59 Å². The molecule has 0 aromatic heterocycles. The van der Waals surface area contributed by atoms with Gasteiger partial charge in [0.05, 0.1) is 7.11 Å². The summed E-state index contributed by atoms with van der Waals surface area (Å²) in [5.41, 5.74) is 0. The first-order valence-electron chi connectivity index (χ1n) is 6.71. The minimum absolute atomic E-state index is 0.0496. The molecule has 2 atom stereocenters. The van der Waals surface area contributed by atoms with E-state index in [4.69, 9.17) is 2.74 Å². The van der Waals surface area contributed by atoms with Gasteiger partial charge in [0.25, 0.3) is 0 Å². The van der Waals surface area contributed by atoms with Crippen molar-refractivity contribution in [3.63, 3.8) is 0 Å². The van der Waals surface area contributed by atoms with Crippen LogP contribution in [-0.4, -0.2) is 18.9 Å². The van der Waals surface area contributed by atoms with Gasteiger partial charge >= 0.3 is 5.97 Å². The van der Waals surface area contributed by atoms with E-state index in [1.807, 2.05) is 19.1 Å². The smallest absolute Gasteiger partial charge is 0.305 e. The highest BCUT2D eigenvalue weighted by Crippen LogP contribution is 2.34. The van der Waals surface area contributed by atoms with Crippen molar-refractivity contribution in [1.29, 1.82) is 0 Å². The number of methoxy groups -OCH3 is 1. The van der Waals surface area contributed by atoms with E-state index in [0.29, 0.717) is 19.3 Å². The Morgan fingerprint density at radius 1 is 1.62 bits per heavy atom. The number of hydrogen-bond donors (Lipinski definition) is 0. The van der Waals surface area contributed by atoms with Crippen LogP contribution < -0.4 is 0 Å². The van der Waals surface area contributed by atoms with Gasteiger partial charge in [-0.25, -0.2) is 0 Å². The van der Waals surface area contributed by atoms with E-state index < -0.39 is 24.2 Å². The fourth-order valence-electron chi connectivity index (χ4n) is 2.00. The summed E-state index contributed by atoms with van der Waals surface area (Å²) >= 11 is 0. The molecule has 0 radical (unpaired) electrons. The van der Waals surface area contributed by atoms with Crippen LogP contribution in [0.3, 0.4) is 0 Å². The fourth-order valence-corrected chi connectivity index (χ4v) is 2.00. The minimum atomic E-state index is -2.08. The maximum atomic E-state index is 11.8. The quantitative estimate of drug-likeness (QED) is 0.534. The summed E-state index contributed by atoms with van der Waals surface area (Å²) in [5, 5.41) is 0. The van der Waals surface area contributed by atoms with Crippen molar-refractivity contribution in [1.82, 2.24) is 0 Å². The van der Waals surface area contributed by atoms with Crippen LogP contribution >= 0.6 is 0 Å². The van der Waals surface area contributed by atoms with E-state index in [0.717, 1.165) is 6.42 Å². The normalized spacial score (nSPS) is 28.0. The van der Waals surface area contributed by atoms with Gasteiger partial charge in [0.1, 0.15) is 5.78 Å². The molecule has 1 fully saturated rings. The van der Waals surface area contributed by atoms with E-state index in [1.165, 1.54) is 7.11 Å². The van der Waals surface area contributed by atoms with Crippen LogP contribution in [0.5, 0.6) is 0 Å². The summed E-state index contributed by atoms with van der Waals surface area (Å²) in [6, 6.07) is 0. The van der Waals surface area contributed by atoms with Gasteiger partial charge in [0.15, 0.2) is 0 Å². The largest absolute Gasteiger partial charge is 0.469 e. The second kappa shape index (κ2) is 6.46. The summed E-state index contributed by atoms with van der Waals surface area (Å²) in [6.45, 7) is 2.00. The molecule has 1 aliphatic rings. The van der Waals surface area contributed by atoms with Crippen molar-refractivity contribution in [2.75, 3.05) is 7.11 Å². The third kappa shape index (κ3) is 3.47. The van der Waals surface area contributed by atoms with Crippen molar-refractivity contribution in [3.8, 4) is 0 Å². The Kier molecular flexibility index (Phi) is 4.06.